The molecule has 3 rings (SSSR count). The second kappa shape index (κ2) is 10.1. The second-order valence-corrected chi connectivity index (χ2v) is 9.32. The van der Waals surface area contributed by atoms with Crippen LogP contribution in [0.3, 0.4) is 0 Å². The van der Waals surface area contributed by atoms with Crippen molar-refractivity contribution in [3.8, 4) is 11.1 Å². The van der Waals surface area contributed by atoms with Crippen LogP contribution in [-0.4, -0.2) is 52.7 Å². The van der Waals surface area contributed by atoms with Gasteiger partial charge in [-0.25, -0.2) is 4.79 Å². The Bertz CT molecular complexity index is 982. The van der Waals surface area contributed by atoms with Gasteiger partial charge in [0.25, 0.3) is 0 Å². The van der Waals surface area contributed by atoms with E-state index in [4.69, 9.17) is 9.84 Å². The predicted octanol–water partition coefficient (Wildman–Crippen LogP) is 4.41. The summed E-state index contributed by atoms with van der Waals surface area (Å²) in [5.74, 6) is -1.44. The Morgan fingerprint density at radius 1 is 1.03 bits per heavy atom. The number of carbonyl (C=O) groups is 3. The summed E-state index contributed by atoms with van der Waals surface area (Å²) < 4.78 is 5.58. The molecule has 0 aromatic heterocycles. The Labute approximate surface area is 194 Å². The van der Waals surface area contributed by atoms with Crippen molar-refractivity contribution in [3.63, 3.8) is 0 Å². The second-order valence-electron chi connectivity index (χ2n) is 9.32. The lowest BCUT2D eigenvalue weighted by Gasteiger charge is -2.35. The largest absolute Gasteiger partial charge is 0.480 e. The van der Waals surface area contributed by atoms with E-state index in [1.165, 1.54) is 4.90 Å². The number of nitrogens with zero attached hydrogens (tertiary/aromatic N) is 1. The summed E-state index contributed by atoms with van der Waals surface area (Å²) in [6.07, 6.45) is -0.0660. The van der Waals surface area contributed by atoms with Gasteiger partial charge in [-0.15, -0.1) is 0 Å². The molecule has 1 aliphatic carbocycles. The first-order valence-corrected chi connectivity index (χ1v) is 11.3. The number of ether oxygens (including phenoxy) is 1. The monoisotopic (exact) mass is 452 g/mol. The third-order valence-electron chi connectivity index (χ3n) is 5.98. The van der Waals surface area contributed by atoms with Gasteiger partial charge in [0.05, 0.1) is 0 Å². The lowest BCUT2D eigenvalue weighted by atomic mass is 9.98. The van der Waals surface area contributed by atoms with Crippen LogP contribution < -0.4 is 5.32 Å². The molecule has 7 heteroatoms. The first kappa shape index (κ1) is 24.3. The lowest BCUT2D eigenvalue weighted by Crippen LogP contribution is -2.50. The SMILES string of the molecule is CC[C@H](CC(=O)N(CC(=O)O)C(C)(C)C)NC(=O)OCC1c2ccccc2-c2ccccc21. The lowest BCUT2D eigenvalue weighted by molar-refractivity contribution is -0.148. The molecule has 0 radical (unpaired) electrons. The fourth-order valence-electron chi connectivity index (χ4n) is 4.26. The summed E-state index contributed by atoms with van der Waals surface area (Å²) in [5.41, 5.74) is 3.92. The molecule has 2 amide bonds. The topological polar surface area (TPSA) is 95.9 Å². The number of aliphatic carboxylic acids is 1. The minimum absolute atomic E-state index is 0.00520. The van der Waals surface area contributed by atoms with Crippen LogP contribution in [0.1, 0.15) is 57.6 Å². The van der Waals surface area contributed by atoms with E-state index in [1.807, 2.05) is 31.2 Å². The number of fused-ring (bicyclic) bond motifs is 3. The number of carboxylic acids is 1. The Morgan fingerprint density at radius 3 is 2.06 bits per heavy atom. The number of rotatable bonds is 8. The summed E-state index contributed by atoms with van der Waals surface area (Å²) in [6, 6.07) is 15.8. The van der Waals surface area contributed by atoms with Gasteiger partial charge in [-0.05, 0) is 49.4 Å². The van der Waals surface area contributed by atoms with E-state index < -0.39 is 23.6 Å². The molecule has 0 saturated carbocycles. The van der Waals surface area contributed by atoms with Crippen molar-refractivity contribution < 1.29 is 24.2 Å². The van der Waals surface area contributed by atoms with E-state index in [1.54, 1.807) is 20.8 Å². The maximum atomic E-state index is 12.8. The Kier molecular flexibility index (Phi) is 7.41. The first-order chi connectivity index (χ1) is 15.6. The highest BCUT2D eigenvalue weighted by atomic mass is 16.5. The molecule has 0 unspecified atom stereocenters. The zero-order valence-electron chi connectivity index (χ0n) is 19.6. The van der Waals surface area contributed by atoms with E-state index in [0.717, 1.165) is 22.3 Å². The quantitative estimate of drug-likeness (QED) is 0.619. The van der Waals surface area contributed by atoms with E-state index in [9.17, 15) is 14.4 Å². The molecule has 2 aromatic rings. The fraction of sp³-hybridized carbons (Fsp3) is 0.423. The van der Waals surface area contributed by atoms with Crippen LogP contribution in [0.15, 0.2) is 48.5 Å². The number of hydrogen-bond donors (Lipinski definition) is 2. The molecule has 33 heavy (non-hydrogen) atoms. The Morgan fingerprint density at radius 2 is 1.58 bits per heavy atom. The maximum absolute atomic E-state index is 12.8. The number of hydrogen-bond acceptors (Lipinski definition) is 4. The summed E-state index contributed by atoms with van der Waals surface area (Å²) in [7, 11) is 0. The summed E-state index contributed by atoms with van der Waals surface area (Å²) in [4.78, 5) is 37.9. The summed E-state index contributed by atoms with van der Waals surface area (Å²) in [6.45, 7) is 7.02. The van der Waals surface area contributed by atoms with Gasteiger partial charge in [0.15, 0.2) is 0 Å². The molecule has 0 spiro atoms. The van der Waals surface area contributed by atoms with Crippen molar-refractivity contribution in [3.05, 3.63) is 59.7 Å². The number of alkyl carbamates (subject to hydrolysis) is 1. The van der Waals surface area contributed by atoms with Crippen molar-refractivity contribution >= 4 is 18.0 Å². The molecule has 0 bridgehead atoms. The molecule has 1 aliphatic rings. The highest BCUT2D eigenvalue weighted by Crippen LogP contribution is 2.44. The smallest absolute Gasteiger partial charge is 0.407 e. The van der Waals surface area contributed by atoms with Crippen molar-refractivity contribution in [1.82, 2.24) is 10.2 Å². The molecular formula is C26H32N2O5. The Hall–Kier alpha value is -3.35. The van der Waals surface area contributed by atoms with Crippen LogP contribution in [0.4, 0.5) is 4.79 Å². The van der Waals surface area contributed by atoms with Gasteiger partial charge in [-0.3, -0.25) is 9.59 Å². The summed E-state index contributed by atoms with van der Waals surface area (Å²) in [5, 5.41) is 11.9. The van der Waals surface area contributed by atoms with Gasteiger partial charge >= 0.3 is 12.1 Å². The van der Waals surface area contributed by atoms with Crippen molar-refractivity contribution in [2.24, 2.45) is 0 Å². The van der Waals surface area contributed by atoms with Crippen LogP contribution in [0.5, 0.6) is 0 Å². The maximum Gasteiger partial charge on any atom is 0.407 e. The van der Waals surface area contributed by atoms with Crippen molar-refractivity contribution in [2.75, 3.05) is 13.2 Å². The molecule has 0 heterocycles. The van der Waals surface area contributed by atoms with Gasteiger partial charge in [-0.2, -0.15) is 0 Å². The van der Waals surface area contributed by atoms with Crippen molar-refractivity contribution in [2.45, 2.75) is 58.0 Å². The van der Waals surface area contributed by atoms with Gasteiger partial charge in [0, 0.05) is 23.9 Å². The number of nitrogens with one attached hydrogen (secondary N) is 1. The molecule has 0 saturated heterocycles. The highest BCUT2D eigenvalue weighted by molar-refractivity contribution is 5.83. The standard InChI is InChI=1S/C26H32N2O5/c1-5-17(14-23(29)28(15-24(30)31)26(2,3)4)27-25(32)33-16-22-20-12-8-6-10-18(20)19-11-7-9-13-21(19)22/h6-13,17,22H,5,14-16H2,1-4H3,(H,27,32)(H,30,31)/t17-/m1/s1. The van der Waals surface area contributed by atoms with E-state index in [2.05, 4.69) is 29.6 Å². The molecule has 2 N–H and O–H groups in total. The van der Waals surface area contributed by atoms with Gasteiger partial charge in [0.2, 0.25) is 5.91 Å². The van der Waals surface area contributed by atoms with Crippen LogP contribution in [0, 0.1) is 0 Å². The minimum Gasteiger partial charge on any atom is -0.480 e. The fourth-order valence-corrected chi connectivity index (χ4v) is 4.26. The van der Waals surface area contributed by atoms with Crippen LogP contribution in [0.2, 0.25) is 0 Å². The number of amides is 2. The molecule has 7 nitrogen and oxygen atoms in total. The zero-order valence-corrected chi connectivity index (χ0v) is 19.6. The normalized spacial score (nSPS) is 13.6. The average molecular weight is 453 g/mol. The molecular weight excluding hydrogens is 420 g/mol. The zero-order chi connectivity index (χ0) is 24.2. The first-order valence-electron chi connectivity index (χ1n) is 11.3. The minimum atomic E-state index is -1.07. The number of carboxylic acid groups (broad SMARTS) is 1. The molecule has 2 aromatic carbocycles. The highest BCUT2D eigenvalue weighted by Gasteiger charge is 2.31. The predicted molar refractivity (Wildman–Crippen MR) is 126 cm³/mol. The Balaban J connectivity index is 1.62. The molecule has 0 aliphatic heterocycles. The average Bonchev–Trinajstić information content (AvgIpc) is 3.08. The molecule has 1 atom stereocenters. The third-order valence-corrected chi connectivity index (χ3v) is 5.98. The van der Waals surface area contributed by atoms with Crippen molar-refractivity contribution in [1.29, 1.82) is 0 Å². The molecule has 0 fully saturated rings. The van der Waals surface area contributed by atoms with E-state index >= 15 is 0 Å². The van der Waals surface area contributed by atoms with Crippen LogP contribution >= 0.6 is 0 Å². The van der Waals surface area contributed by atoms with Gasteiger partial charge in [-0.1, -0.05) is 55.5 Å². The number of carbonyl (C=O) groups excluding carboxylic acids is 2. The molecule has 176 valence electrons. The van der Waals surface area contributed by atoms with Gasteiger partial charge in [0.1, 0.15) is 13.2 Å². The van der Waals surface area contributed by atoms with E-state index in [-0.39, 0.29) is 31.4 Å². The summed E-state index contributed by atoms with van der Waals surface area (Å²) >= 11 is 0. The third kappa shape index (κ3) is 5.72. The van der Waals surface area contributed by atoms with Crippen LogP contribution in [-0.2, 0) is 14.3 Å². The van der Waals surface area contributed by atoms with Gasteiger partial charge < -0.3 is 20.1 Å². The van der Waals surface area contributed by atoms with E-state index in [0.29, 0.717) is 6.42 Å². The van der Waals surface area contributed by atoms with Crippen LogP contribution in [0.25, 0.3) is 11.1 Å². The number of benzene rings is 2.